The Bertz CT molecular complexity index is 1460. The summed E-state index contributed by atoms with van der Waals surface area (Å²) in [7, 11) is 0. The highest BCUT2D eigenvalue weighted by molar-refractivity contribution is 5.80. The van der Waals surface area contributed by atoms with E-state index in [1.54, 1.807) is 18.3 Å². The minimum absolute atomic E-state index is 0.0382. The summed E-state index contributed by atoms with van der Waals surface area (Å²) in [6.45, 7) is 7.08. The molecule has 0 radical (unpaired) electrons. The topological polar surface area (TPSA) is 67.1 Å². The first-order chi connectivity index (χ1) is 17.5. The number of anilines is 1. The Hall–Kier alpha value is -4.10. The molecule has 1 atom stereocenters. The van der Waals surface area contributed by atoms with Crippen LogP contribution >= 0.6 is 0 Å². The molecule has 0 bridgehead atoms. The van der Waals surface area contributed by atoms with Gasteiger partial charge in [-0.1, -0.05) is 44.2 Å². The van der Waals surface area contributed by atoms with Crippen LogP contribution in [-0.4, -0.2) is 25.4 Å². The van der Waals surface area contributed by atoms with E-state index in [9.17, 15) is 4.39 Å². The van der Waals surface area contributed by atoms with Gasteiger partial charge in [-0.3, -0.25) is 4.40 Å². The maximum absolute atomic E-state index is 13.7. The smallest absolute Gasteiger partial charge is 0.223 e. The fourth-order valence-corrected chi connectivity index (χ4v) is 4.15. The van der Waals surface area contributed by atoms with Crippen LogP contribution in [0, 0.1) is 5.82 Å². The summed E-state index contributed by atoms with van der Waals surface area (Å²) in [6, 6.07) is 23.0. The molecule has 7 heteroatoms. The molecule has 0 aliphatic carbocycles. The number of hydrogen-bond donors (Lipinski definition) is 2. The van der Waals surface area contributed by atoms with Gasteiger partial charge < -0.3 is 10.6 Å². The molecule has 0 aliphatic heterocycles. The number of benzene rings is 2. The lowest BCUT2D eigenvalue weighted by Crippen LogP contribution is -2.21. The van der Waals surface area contributed by atoms with Crippen LogP contribution < -0.4 is 10.6 Å². The Balaban J connectivity index is 1.57. The van der Waals surface area contributed by atoms with Crippen molar-refractivity contribution in [1.29, 1.82) is 0 Å². The van der Waals surface area contributed by atoms with Crippen LogP contribution in [0.2, 0.25) is 0 Å². The van der Waals surface area contributed by atoms with Crippen molar-refractivity contribution in [3.63, 3.8) is 0 Å². The van der Waals surface area contributed by atoms with Crippen LogP contribution in [0.4, 0.5) is 10.3 Å². The van der Waals surface area contributed by atoms with Gasteiger partial charge in [-0.2, -0.15) is 0 Å². The van der Waals surface area contributed by atoms with E-state index in [1.165, 1.54) is 12.1 Å². The third-order valence-corrected chi connectivity index (χ3v) is 6.07. The summed E-state index contributed by atoms with van der Waals surface area (Å²) in [5, 5.41) is 6.85. The lowest BCUT2D eigenvalue weighted by atomic mass is 10.1. The summed E-state index contributed by atoms with van der Waals surface area (Å²) >= 11 is 0. The number of fused-ring (bicyclic) bond motifs is 1. The minimum atomic E-state index is -0.283. The number of nitrogens with zero attached hydrogens (tertiary/aromatic N) is 4. The molecule has 2 aromatic carbocycles. The van der Waals surface area contributed by atoms with Crippen molar-refractivity contribution in [3.8, 4) is 22.6 Å². The molecule has 0 fully saturated rings. The second-order valence-corrected chi connectivity index (χ2v) is 9.16. The normalized spacial score (nSPS) is 12.2. The number of nitrogens with one attached hydrogen (secondary N) is 2. The van der Waals surface area contributed by atoms with Crippen LogP contribution in [-0.2, 0) is 6.54 Å². The van der Waals surface area contributed by atoms with Gasteiger partial charge in [0.1, 0.15) is 11.5 Å². The molecule has 0 saturated heterocycles. The average molecular weight is 481 g/mol. The third-order valence-electron chi connectivity index (χ3n) is 6.07. The van der Waals surface area contributed by atoms with E-state index in [4.69, 9.17) is 9.97 Å². The number of rotatable bonds is 8. The SMILES string of the molecule is CC(C)NCc1ccn2c(-c3ccnc(N[C@@H](C)c4ccccc4)n3)c(-c3ccc(F)cc3)nc2c1. The quantitative estimate of drug-likeness (QED) is 0.274. The Labute approximate surface area is 210 Å². The zero-order valence-electron chi connectivity index (χ0n) is 20.6. The third kappa shape index (κ3) is 5.11. The zero-order valence-corrected chi connectivity index (χ0v) is 20.6. The van der Waals surface area contributed by atoms with E-state index in [1.807, 2.05) is 34.9 Å². The summed E-state index contributed by atoms with van der Waals surface area (Å²) < 4.78 is 15.7. The van der Waals surface area contributed by atoms with E-state index in [-0.39, 0.29) is 11.9 Å². The molecule has 0 spiro atoms. The van der Waals surface area contributed by atoms with Gasteiger partial charge in [0.05, 0.1) is 23.1 Å². The first-order valence-electron chi connectivity index (χ1n) is 12.1. The summed E-state index contributed by atoms with van der Waals surface area (Å²) in [4.78, 5) is 14.2. The van der Waals surface area contributed by atoms with Gasteiger partial charge in [0.15, 0.2) is 0 Å². The monoisotopic (exact) mass is 480 g/mol. The molecule has 36 heavy (non-hydrogen) atoms. The van der Waals surface area contributed by atoms with Crippen molar-refractivity contribution in [3.05, 3.63) is 102 Å². The van der Waals surface area contributed by atoms with Crippen LogP contribution in [0.25, 0.3) is 28.3 Å². The molecule has 3 heterocycles. The van der Waals surface area contributed by atoms with Crippen molar-refractivity contribution in [2.24, 2.45) is 0 Å². The van der Waals surface area contributed by atoms with Crippen molar-refractivity contribution < 1.29 is 4.39 Å². The van der Waals surface area contributed by atoms with E-state index < -0.39 is 0 Å². The summed E-state index contributed by atoms with van der Waals surface area (Å²) in [6.07, 6.45) is 3.76. The van der Waals surface area contributed by atoms with Crippen LogP contribution in [0.1, 0.15) is 37.9 Å². The molecular formula is C29H29FN6. The van der Waals surface area contributed by atoms with Crippen LogP contribution in [0.3, 0.4) is 0 Å². The predicted molar refractivity (Wildman–Crippen MR) is 142 cm³/mol. The number of imidazole rings is 1. The lowest BCUT2D eigenvalue weighted by molar-refractivity contribution is 0.588. The van der Waals surface area contributed by atoms with Gasteiger partial charge in [-0.05, 0) is 60.5 Å². The van der Waals surface area contributed by atoms with Gasteiger partial charge in [0.25, 0.3) is 0 Å². The lowest BCUT2D eigenvalue weighted by Gasteiger charge is -2.15. The highest BCUT2D eigenvalue weighted by Gasteiger charge is 2.19. The molecule has 0 saturated carbocycles. The standard InChI is InChI=1S/C29H29FN6/c1-19(2)32-18-21-14-16-36-26(17-21)35-27(23-9-11-24(30)12-10-23)28(36)25-13-15-31-29(34-25)33-20(3)22-7-5-4-6-8-22/h4-17,19-20,32H,18H2,1-3H3,(H,31,33,34)/t20-/m0/s1. The number of aromatic nitrogens is 4. The van der Waals surface area contributed by atoms with Crippen molar-refractivity contribution in [2.45, 2.75) is 39.4 Å². The molecule has 3 aromatic heterocycles. The van der Waals surface area contributed by atoms with Crippen LogP contribution in [0.15, 0.2) is 85.2 Å². The number of pyridine rings is 1. The van der Waals surface area contributed by atoms with E-state index in [2.05, 4.69) is 60.7 Å². The predicted octanol–water partition coefficient (Wildman–Crippen LogP) is 6.27. The second-order valence-electron chi connectivity index (χ2n) is 9.16. The fourth-order valence-electron chi connectivity index (χ4n) is 4.15. The molecule has 182 valence electrons. The molecule has 0 unspecified atom stereocenters. The van der Waals surface area contributed by atoms with Crippen molar-refractivity contribution >= 4 is 11.6 Å². The number of halogens is 1. The minimum Gasteiger partial charge on any atom is -0.348 e. The Morgan fingerprint density at radius 1 is 0.917 bits per heavy atom. The molecule has 0 aliphatic rings. The van der Waals surface area contributed by atoms with E-state index in [0.717, 1.165) is 46.0 Å². The average Bonchev–Trinajstić information content (AvgIpc) is 3.27. The van der Waals surface area contributed by atoms with Gasteiger partial charge in [0.2, 0.25) is 5.95 Å². The van der Waals surface area contributed by atoms with Gasteiger partial charge in [-0.25, -0.2) is 19.3 Å². The first-order valence-corrected chi connectivity index (χ1v) is 12.1. The Morgan fingerprint density at radius 3 is 2.44 bits per heavy atom. The maximum Gasteiger partial charge on any atom is 0.223 e. The zero-order chi connectivity index (χ0) is 25.1. The van der Waals surface area contributed by atoms with Gasteiger partial charge in [0, 0.05) is 30.5 Å². The molecule has 6 nitrogen and oxygen atoms in total. The van der Waals surface area contributed by atoms with Gasteiger partial charge in [-0.15, -0.1) is 0 Å². The molecule has 5 rings (SSSR count). The Morgan fingerprint density at radius 2 is 1.69 bits per heavy atom. The molecule has 0 amide bonds. The molecule has 2 N–H and O–H groups in total. The van der Waals surface area contributed by atoms with Gasteiger partial charge >= 0.3 is 0 Å². The highest BCUT2D eigenvalue weighted by atomic mass is 19.1. The van der Waals surface area contributed by atoms with Crippen LogP contribution in [0.5, 0.6) is 0 Å². The fraction of sp³-hybridized carbons (Fsp3) is 0.207. The number of hydrogen-bond acceptors (Lipinski definition) is 5. The second kappa shape index (κ2) is 10.3. The molecular weight excluding hydrogens is 451 g/mol. The molecule has 5 aromatic rings. The maximum atomic E-state index is 13.7. The largest absolute Gasteiger partial charge is 0.348 e. The van der Waals surface area contributed by atoms with E-state index >= 15 is 0 Å². The highest BCUT2D eigenvalue weighted by Crippen LogP contribution is 2.33. The summed E-state index contributed by atoms with van der Waals surface area (Å²) in [5.74, 6) is 0.246. The van der Waals surface area contributed by atoms with Crippen molar-refractivity contribution in [1.82, 2.24) is 24.7 Å². The van der Waals surface area contributed by atoms with E-state index in [0.29, 0.717) is 12.0 Å². The van der Waals surface area contributed by atoms with Crippen molar-refractivity contribution in [2.75, 3.05) is 5.32 Å². The first kappa shape index (κ1) is 23.6. The Kier molecular flexibility index (Phi) is 6.73. The summed E-state index contributed by atoms with van der Waals surface area (Å²) in [5.41, 5.74) is 6.21.